The molecule has 6 aromatic heterocycles. The molecule has 28 heteroatoms. The fourth-order valence-corrected chi connectivity index (χ4v) is 5.45. The molecular formula is C34H39BrF8N18O. The molecule has 7 N–H and O–H groups in total. The Hall–Kier alpha value is -6.45. The summed E-state index contributed by atoms with van der Waals surface area (Å²) < 4.78 is 110. The van der Waals surface area contributed by atoms with Crippen LogP contribution in [0.4, 0.5) is 87.5 Å². The number of alkyl halides is 8. The summed E-state index contributed by atoms with van der Waals surface area (Å²) in [5, 5.41) is 31.0. The van der Waals surface area contributed by atoms with Crippen molar-refractivity contribution in [2.75, 3.05) is 65.8 Å². The molecule has 7 rings (SSSR count). The van der Waals surface area contributed by atoms with Gasteiger partial charge >= 0.3 is 18.9 Å². The molecule has 7 heterocycles. The summed E-state index contributed by atoms with van der Waals surface area (Å²) in [7, 11) is 2.64. The van der Waals surface area contributed by atoms with Gasteiger partial charge in [-0.1, -0.05) is 0 Å². The molecular weight excluding hydrogens is 908 g/mol. The summed E-state index contributed by atoms with van der Waals surface area (Å²) in [5.74, 6) is 0.486. The van der Waals surface area contributed by atoms with Gasteiger partial charge in [0.25, 0.3) is 0 Å². The number of anilines is 9. The van der Waals surface area contributed by atoms with Gasteiger partial charge in [0.05, 0.1) is 64.1 Å². The van der Waals surface area contributed by atoms with Crippen LogP contribution in [-0.2, 0) is 17.1 Å². The minimum Gasteiger partial charge on any atom is -0.377 e. The van der Waals surface area contributed by atoms with Crippen LogP contribution in [-0.4, -0.2) is 93.5 Å². The normalized spacial score (nSPS) is 12.7. The summed E-state index contributed by atoms with van der Waals surface area (Å²) in [6.45, 7) is 6.61. The third-order valence-electron chi connectivity index (χ3n) is 8.35. The number of aromatic amines is 1. The van der Waals surface area contributed by atoms with E-state index < -0.39 is 35.8 Å². The van der Waals surface area contributed by atoms with Crippen molar-refractivity contribution < 1.29 is 39.9 Å². The highest BCUT2D eigenvalue weighted by Gasteiger charge is 2.36. The van der Waals surface area contributed by atoms with Gasteiger partial charge < -0.3 is 36.6 Å². The van der Waals surface area contributed by atoms with Crippen LogP contribution in [0.2, 0.25) is 0 Å². The molecule has 1 aliphatic heterocycles. The van der Waals surface area contributed by atoms with Crippen molar-refractivity contribution in [2.45, 2.75) is 52.6 Å². The zero-order valence-corrected chi connectivity index (χ0v) is 35.1. The van der Waals surface area contributed by atoms with Crippen LogP contribution in [0.25, 0.3) is 0 Å². The second-order valence-corrected chi connectivity index (χ2v) is 13.6. The predicted octanol–water partition coefficient (Wildman–Crippen LogP) is 7.98. The van der Waals surface area contributed by atoms with Crippen molar-refractivity contribution >= 4 is 68.3 Å². The van der Waals surface area contributed by atoms with Crippen molar-refractivity contribution in [1.29, 1.82) is 0 Å². The van der Waals surface area contributed by atoms with E-state index in [-0.39, 0.29) is 29.1 Å². The van der Waals surface area contributed by atoms with E-state index in [1.54, 1.807) is 19.3 Å². The first-order chi connectivity index (χ1) is 29.3. The second kappa shape index (κ2) is 19.9. The van der Waals surface area contributed by atoms with E-state index in [0.717, 1.165) is 53.8 Å². The van der Waals surface area contributed by atoms with Gasteiger partial charge in [-0.3, -0.25) is 9.78 Å². The maximum atomic E-state index is 12.7. The summed E-state index contributed by atoms with van der Waals surface area (Å²) >= 11 is 3.43. The Kier molecular flexibility index (Phi) is 15.0. The first kappa shape index (κ1) is 46.6. The number of rotatable bonds is 12. The van der Waals surface area contributed by atoms with Crippen molar-refractivity contribution in [3.8, 4) is 0 Å². The maximum Gasteiger partial charge on any atom is 0.421 e. The molecule has 6 aromatic rings. The van der Waals surface area contributed by atoms with Crippen LogP contribution in [0.1, 0.15) is 47.7 Å². The largest absolute Gasteiger partial charge is 0.421 e. The van der Waals surface area contributed by atoms with Crippen molar-refractivity contribution in [2.24, 2.45) is 0 Å². The van der Waals surface area contributed by atoms with Crippen LogP contribution in [0.5, 0.6) is 0 Å². The molecule has 0 unspecified atom stereocenters. The Bertz CT molecular complexity index is 2410. The number of hydrogen-bond acceptors (Lipinski definition) is 16. The SMILES string of the molecule is CCNc1nc(Nc2cn(C3COC3)nc2C)ncc1Br.CNc1nc(Nc2c[nH]nc2C)ncc1C(F)(F)F.CNc1nc(Nc2cn(C(F)F)nc2C)ncc1C(F)(F)F. The van der Waals surface area contributed by atoms with Gasteiger partial charge in [-0.2, -0.15) is 65.4 Å². The lowest BCUT2D eigenvalue weighted by Gasteiger charge is -2.25. The van der Waals surface area contributed by atoms with Crippen LogP contribution < -0.4 is 31.9 Å². The van der Waals surface area contributed by atoms with E-state index in [2.05, 4.69) is 98.1 Å². The average Bonchev–Trinajstić information content (AvgIpc) is 3.88. The highest BCUT2D eigenvalue weighted by atomic mass is 79.9. The number of aromatic nitrogens is 12. The van der Waals surface area contributed by atoms with E-state index in [1.165, 1.54) is 21.0 Å². The molecule has 19 nitrogen and oxygen atoms in total. The molecule has 334 valence electrons. The van der Waals surface area contributed by atoms with Crippen LogP contribution >= 0.6 is 15.9 Å². The highest BCUT2D eigenvalue weighted by Crippen LogP contribution is 2.35. The number of ether oxygens (including phenoxy) is 1. The first-order valence-electron chi connectivity index (χ1n) is 18.1. The standard InChI is InChI=1S/C13H17BrN6O.C11H11F5N6.C10H11F3N6/c1-3-15-12-10(14)4-16-13(18-12)17-11-5-20(19-8(11)2)9-6-21-7-9;1-5-7(4-22(21-5)9(12)13)19-10-18-3-6(11(14,15)16)8(17-2)20-10;1-5-7(4-16-19-5)17-9-15-3-6(10(11,12)13)8(14-2)18-9/h4-5,9H,3,6-7H2,1-2H3,(H2,15,16,17,18);3-4,9H,1-2H3,(H2,17,18,19,20);3-4H,1-2H3,(H,16,19)(H2,14,15,17,18). The summed E-state index contributed by atoms with van der Waals surface area (Å²) in [6.07, 6.45) is -1.48. The van der Waals surface area contributed by atoms with E-state index in [4.69, 9.17) is 4.74 Å². The zero-order valence-electron chi connectivity index (χ0n) is 33.5. The maximum absolute atomic E-state index is 12.7. The number of nitrogens with zero attached hydrogens (tertiary/aromatic N) is 11. The monoisotopic (exact) mass is 946 g/mol. The summed E-state index contributed by atoms with van der Waals surface area (Å²) in [5.41, 5.74) is 1.54. The number of H-pyrrole nitrogens is 1. The summed E-state index contributed by atoms with van der Waals surface area (Å²) in [6, 6.07) is 0.336. The van der Waals surface area contributed by atoms with Gasteiger partial charge in [0.15, 0.2) is 0 Å². The third-order valence-corrected chi connectivity index (χ3v) is 8.93. The molecule has 0 aliphatic carbocycles. The van der Waals surface area contributed by atoms with Gasteiger partial charge in [0.2, 0.25) is 17.8 Å². The zero-order chi connectivity index (χ0) is 45.4. The van der Waals surface area contributed by atoms with E-state index in [0.29, 0.717) is 34.3 Å². The predicted molar refractivity (Wildman–Crippen MR) is 215 cm³/mol. The lowest BCUT2D eigenvalue weighted by Crippen LogP contribution is -2.30. The highest BCUT2D eigenvalue weighted by molar-refractivity contribution is 9.10. The topological polar surface area (TPSA) is 223 Å². The van der Waals surface area contributed by atoms with Crippen molar-refractivity contribution in [3.63, 3.8) is 0 Å². The minimum atomic E-state index is -4.60. The Labute approximate surface area is 355 Å². The number of halogens is 9. The van der Waals surface area contributed by atoms with E-state index in [9.17, 15) is 35.1 Å². The molecule has 1 fully saturated rings. The Morgan fingerprint density at radius 3 is 1.68 bits per heavy atom. The minimum absolute atomic E-state index is 0.0573. The lowest BCUT2D eigenvalue weighted by molar-refractivity contribution is -0.138. The van der Waals surface area contributed by atoms with E-state index >= 15 is 0 Å². The summed E-state index contributed by atoms with van der Waals surface area (Å²) in [4.78, 5) is 23.4. The molecule has 0 bridgehead atoms. The number of aryl methyl sites for hydroxylation is 3. The third kappa shape index (κ3) is 11.9. The molecule has 0 aromatic carbocycles. The van der Waals surface area contributed by atoms with Gasteiger partial charge in [0, 0.05) is 51.6 Å². The van der Waals surface area contributed by atoms with Crippen LogP contribution in [0.15, 0.2) is 41.7 Å². The fraction of sp³-hybridized carbons (Fsp3) is 0.382. The molecule has 1 saturated heterocycles. The van der Waals surface area contributed by atoms with Crippen LogP contribution in [0, 0.1) is 20.8 Å². The molecule has 0 radical (unpaired) electrons. The second-order valence-electron chi connectivity index (χ2n) is 12.8. The molecule has 0 spiro atoms. The lowest BCUT2D eigenvalue weighted by atomic mass is 10.3. The van der Waals surface area contributed by atoms with E-state index in [1.807, 2.05) is 24.7 Å². The smallest absolute Gasteiger partial charge is 0.377 e. The molecule has 0 atom stereocenters. The molecule has 0 saturated carbocycles. The average molecular weight is 948 g/mol. The van der Waals surface area contributed by atoms with Crippen molar-refractivity contribution in [1.82, 2.24) is 59.7 Å². The Morgan fingerprint density at radius 1 is 0.742 bits per heavy atom. The van der Waals surface area contributed by atoms with Gasteiger partial charge in [0.1, 0.15) is 28.6 Å². The van der Waals surface area contributed by atoms with Gasteiger partial charge in [-0.05, 0) is 43.6 Å². The fourth-order valence-electron chi connectivity index (χ4n) is 5.12. The van der Waals surface area contributed by atoms with Crippen molar-refractivity contribution in [3.05, 3.63) is 69.9 Å². The quantitative estimate of drug-likeness (QED) is 0.0578. The van der Waals surface area contributed by atoms with Gasteiger partial charge in [-0.15, -0.1) is 0 Å². The molecule has 1 aliphatic rings. The molecule has 62 heavy (non-hydrogen) atoms. The van der Waals surface area contributed by atoms with Crippen LogP contribution in [0.3, 0.4) is 0 Å². The molecule has 0 amide bonds. The number of nitrogens with one attached hydrogen (secondary N) is 7. The number of hydrogen-bond donors (Lipinski definition) is 7. The Balaban J connectivity index is 0.000000176. The Morgan fingerprint density at radius 2 is 1.24 bits per heavy atom. The van der Waals surface area contributed by atoms with Gasteiger partial charge in [-0.25, -0.2) is 19.6 Å². The first-order valence-corrected chi connectivity index (χ1v) is 18.9.